The standard InChI is InChI=1S/C17H20S/c1-14(2)12-16-10-6-7-11-17(16)18-13-15-8-4-3-5-9-15/h3-11,14H,12-13H2,1-2H3. The molecule has 0 fully saturated rings. The van der Waals surface area contributed by atoms with Crippen molar-refractivity contribution < 1.29 is 0 Å². The van der Waals surface area contributed by atoms with E-state index in [9.17, 15) is 0 Å². The largest absolute Gasteiger partial charge is 0.121 e. The summed E-state index contributed by atoms with van der Waals surface area (Å²) in [7, 11) is 0. The molecule has 0 bridgehead atoms. The first-order valence-electron chi connectivity index (χ1n) is 6.50. The SMILES string of the molecule is CC(C)Cc1ccccc1SCc1ccccc1. The van der Waals surface area contributed by atoms with Crippen LogP contribution in [0.3, 0.4) is 0 Å². The molecule has 0 amide bonds. The second-order valence-electron chi connectivity index (χ2n) is 4.98. The minimum atomic E-state index is 0.712. The highest BCUT2D eigenvalue weighted by Gasteiger charge is 2.04. The molecule has 0 atom stereocenters. The molecular weight excluding hydrogens is 236 g/mol. The second-order valence-corrected chi connectivity index (χ2v) is 6.00. The smallest absolute Gasteiger partial charge is 0.0232 e. The zero-order chi connectivity index (χ0) is 12.8. The van der Waals surface area contributed by atoms with Crippen LogP contribution in [0.15, 0.2) is 59.5 Å². The van der Waals surface area contributed by atoms with E-state index in [4.69, 9.17) is 0 Å². The predicted octanol–water partition coefficient (Wildman–Crippen LogP) is 5.18. The molecule has 0 aliphatic carbocycles. The Bertz CT molecular complexity index is 474. The molecule has 0 saturated heterocycles. The van der Waals surface area contributed by atoms with Crippen LogP contribution in [0.2, 0.25) is 0 Å². The van der Waals surface area contributed by atoms with Gasteiger partial charge in [-0.15, -0.1) is 11.8 Å². The monoisotopic (exact) mass is 256 g/mol. The van der Waals surface area contributed by atoms with Crippen LogP contribution < -0.4 is 0 Å². The fraction of sp³-hybridized carbons (Fsp3) is 0.294. The van der Waals surface area contributed by atoms with Gasteiger partial charge in [0.1, 0.15) is 0 Å². The molecule has 2 aromatic rings. The first kappa shape index (κ1) is 13.2. The van der Waals surface area contributed by atoms with E-state index in [0.29, 0.717) is 5.92 Å². The average Bonchev–Trinajstić information content (AvgIpc) is 2.38. The van der Waals surface area contributed by atoms with Gasteiger partial charge in [-0.05, 0) is 29.5 Å². The van der Waals surface area contributed by atoms with Crippen molar-refractivity contribution in [2.75, 3.05) is 0 Å². The van der Waals surface area contributed by atoms with Gasteiger partial charge in [0.25, 0.3) is 0 Å². The van der Waals surface area contributed by atoms with Gasteiger partial charge >= 0.3 is 0 Å². The molecule has 0 aromatic heterocycles. The van der Waals surface area contributed by atoms with Crippen molar-refractivity contribution in [3.8, 4) is 0 Å². The van der Waals surface area contributed by atoms with E-state index in [0.717, 1.165) is 12.2 Å². The maximum atomic E-state index is 2.28. The maximum Gasteiger partial charge on any atom is 0.0232 e. The lowest BCUT2D eigenvalue weighted by Gasteiger charge is -2.11. The van der Waals surface area contributed by atoms with Crippen LogP contribution in [0.25, 0.3) is 0 Å². The summed E-state index contributed by atoms with van der Waals surface area (Å²) in [5, 5.41) is 0. The summed E-state index contributed by atoms with van der Waals surface area (Å²) in [6, 6.07) is 19.4. The van der Waals surface area contributed by atoms with Gasteiger partial charge in [-0.1, -0.05) is 62.4 Å². The highest BCUT2D eigenvalue weighted by atomic mass is 32.2. The lowest BCUT2D eigenvalue weighted by atomic mass is 10.0. The maximum absolute atomic E-state index is 2.28. The quantitative estimate of drug-likeness (QED) is 0.664. The Morgan fingerprint density at radius 1 is 0.889 bits per heavy atom. The van der Waals surface area contributed by atoms with Crippen LogP contribution in [0.5, 0.6) is 0 Å². The molecule has 0 nitrogen and oxygen atoms in total. The van der Waals surface area contributed by atoms with E-state index in [1.165, 1.54) is 16.0 Å². The second kappa shape index (κ2) is 6.65. The topological polar surface area (TPSA) is 0 Å². The summed E-state index contributed by atoms with van der Waals surface area (Å²) in [5.41, 5.74) is 2.87. The molecule has 0 saturated carbocycles. The van der Waals surface area contributed by atoms with Crippen molar-refractivity contribution in [2.45, 2.75) is 30.9 Å². The minimum Gasteiger partial charge on any atom is -0.121 e. The zero-order valence-corrected chi connectivity index (χ0v) is 11.9. The highest BCUT2D eigenvalue weighted by Crippen LogP contribution is 2.27. The molecule has 0 spiro atoms. The first-order chi connectivity index (χ1) is 8.75. The third kappa shape index (κ3) is 3.92. The lowest BCUT2D eigenvalue weighted by molar-refractivity contribution is 0.640. The molecule has 0 unspecified atom stereocenters. The van der Waals surface area contributed by atoms with E-state index < -0.39 is 0 Å². The fourth-order valence-corrected chi connectivity index (χ4v) is 3.01. The van der Waals surface area contributed by atoms with Crippen molar-refractivity contribution in [1.29, 1.82) is 0 Å². The third-order valence-electron chi connectivity index (χ3n) is 2.84. The number of hydrogen-bond donors (Lipinski definition) is 0. The number of rotatable bonds is 5. The number of benzene rings is 2. The van der Waals surface area contributed by atoms with Crippen molar-refractivity contribution in [3.63, 3.8) is 0 Å². The fourth-order valence-electron chi connectivity index (χ4n) is 1.99. The molecule has 94 valence electrons. The Hall–Kier alpha value is -1.21. The van der Waals surface area contributed by atoms with Crippen molar-refractivity contribution in [3.05, 3.63) is 65.7 Å². The Labute approximate surface area is 114 Å². The molecule has 2 aromatic carbocycles. The van der Waals surface area contributed by atoms with E-state index >= 15 is 0 Å². The Morgan fingerprint density at radius 2 is 1.56 bits per heavy atom. The van der Waals surface area contributed by atoms with Crippen LogP contribution in [0, 0.1) is 5.92 Å². The van der Waals surface area contributed by atoms with E-state index in [-0.39, 0.29) is 0 Å². The zero-order valence-electron chi connectivity index (χ0n) is 11.1. The van der Waals surface area contributed by atoms with E-state index in [1.807, 2.05) is 11.8 Å². The highest BCUT2D eigenvalue weighted by molar-refractivity contribution is 7.98. The van der Waals surface area contributed by atoms with Crippen LogP contribution in [0.4, 0.5) is 0 Å². The summed E-state index contributed by atoms with van der Waals surface area (Å²) < 4.78 is 0. The predicted molar refractivity (Wildman–Crippen MR) is 81.0 cm³/mol. The molecule has 2 rings (SSSR count). The van der Waals surface area contributed by atoms with Gasteiger partial charge in [0, 0.05) is 10.6 Å². The van der Waals surface area contributed by atoms with Crippen LogP contribution in [0.1, 0.15) is 25.0 Å². The van der Waals surface area contributed by atoms with Crippen LogP contribution >= 0.6 is 11.8 Å². The van der Waals surface area contributed by atoms with Gasteiger partial charge < -0.3 is 0 Å². The number of hydrogen-bond acceptors (Lipinski definition) is 1. The van der Waals surface area contributed by atoms with Gasteiger partial charge in [-0.3, -0.25) is 0 Å². The Balaban J connectivity index is 2.05. The summed E-state index contributed by atoms with van der Waals surface area (Å²) in [5.74, 6) is 1.76. The van der Waals surface area contributed by atoms with Gasteiger partial charge in [0.15, 0.2) is 0 Å². The van der Waals surface area contributed by atoms with Gasteiger partial charge in [-0.25, -0.2) is 0 Å². The summed E-state index contributed by atoms with van der Waals surface area (Å²) in [6.45, 7) is 4.55. The van der Waals surface area contributed by atoms with Crippen molar-refractivity contribution in [2.24, 2.45) is 5.92 Å². The van der Waals surface area contributed by atoms with E-state index in [2.05, 4.69) is 68.4 Å². The van der Waals surface area contributed by atoms with Gasteiger partial charge in [-0.2, -0.15) is 0 Å². The molecule has 0 aliphatic rings. The summed E-state index contributed by atoms with van der Waals surface area (Å²) in [6.07, 6.45) is 1.16. The minimum absolute atomic E-state index is 0.712. The summed E-state index contributed by atoms with van der Waals surface area (Å²) in [4.78, 5) is 1.43. The van der Waals surface area contributed by atoms with Gasteiger partial charge in [0.05, 0.1) is 0 Å². The lowest BCUT2D eigenvalue weighted by Crippen LogP contribution is -1.96. The molecule has 1 heteroatoms. The number of thioether (sulfide) groups is 1. The third-order valence-corrected chi connectivity index (χ3v) is 4.02. The molecular formula is C17H20S. The summed E-state index contributed by atoms with van der Waals surface area (Å²) >= 11 is 1.94. The van der Waals surface area contributed by atoms with E-state index in [1.54, 1.807) is 0 Å². The molecule has 0 N–H and O–H groups in total. The van der Waals surface area contributed by atoms with Crippen molar-refractivity contribution >= 4 is 11.8 Å². The molecule has 0 radical (unpaired) electrons. The molecule has 0 aliphatic heterocycles. The Morgan fingerprint density at radius 3 is 2.28 bits per heavy atom. The molecule has 18 heavy (non-hydrogen) atoms. The van der Waals surface area contributed by atoms with Crippen molar-refractivity contribution in [1.82, 2.24) is 0 Å². The average molecular weight is 256 g/mol. The first-order valence-corrected chi connectivity index (χ1v) is 7.49. The normalized spacial score (nSPS) is 10.8. The van der Waals surface area contributed by atoms with Crippen LogP contribution in [-0.2, 0) is 12.2 Å². The Kier molecular flexibility index (Phi) is 4.89. The van der Waals surface area contributed by atoms with Gasteiger partial charge in [0.2, 0.25) is 0 Å². The van der Waals surface area contributed by atoms with Crippen LogP contribution in [-0.4, -0.2) is 0 Å². The molecule has 0 heterocycles.